The van der Waals surface area contributed by atoms with E-state index in [9.17, 15) is 10.1 Å². The molecule has 23 heavy (non-hydrogen) atoms. The third-order valence-corrected chi connectivity index (χ3v) is 3.43. The van der Waals surface area contributed by atoms with E-state index in [1.54, 1.807) is 0 Å². The van der Waals surface area contributed by atoms with Crippen LogP contribution in [0.1, 0.15) is 57.9 Å². The molecule has 0 N–H and O–H groups in total. The number of rotatable bonds is 11. The zero-order valence-corrected chi connectivity index (χ0v) is 14.0. The Bertz CT molecular complexity index is 549. The van der Waals surface area contributed by atoms with Crippen LogP contribution in [0.2, 0.25) is 0 Å². The number of terminal acetylenes is 1. The lowest BCUT2D eigenvalue weighted by atomic mass is 10.1. The molecule has 126 valence electrons. The van der Waals surface area contributed by atoms with Gasteiger partial charge in [0.25, 0.3) is 5.69 Å². The molecule has 0 aliphatic carbocycles. The number of nitro benzene ring substituents is 1. The van der Waals surface area contributed by atoms with Gasteiger partial charge in [0, 0.05) is 6.07 Å². The molecule has 1 aromatic carbocycles. The number of ether oxygens (including phenoxy) is 2. The van der Waals surface area contributed by atoms with Gasteiger partial charge in [0.05, 0.1) is 24.2 Å². The second-order valence-electron chi connectivity index (χ2n) is 5.33. The van der Waals surface area contributed by atoms with E-state index in [2.05, 4.69) is 19.8 Å². The maximum Gasteiger partial charge on any atom is 0.288 e. The molecule has 0 radical (unpaired) electrons. The highest BCUT2D eigenvalue weighted by Gasteiger charge is 2.19. The lowest BCUT2D eigenvalue weighted by Gasteiger charge is -2.13. The molecule has 5 heteroatoms. The molecule has 0 heterocycles. The van der Waals surface area contributed by atoms with E-state index in [-0.39, 0.29) is 11.3 Å². The SMILES string of the molecule is C#Cc1cc(OCCCCC)c(OCCCCC)cc1[N+](=O)[O-]. The van der Waals surface area contributed by atoms with Crippen molar-refractivity contribution >= 4 is 5.69 Å². The van der Waals surface area contributed by atoms with Crippen LogP contribution in [0.5, 0.6) is 11.5 Å². The van der Waals surface area contributed by atoms with Crippen molar-refractivity contribution in [3.05, 3.63) is 27.8 Å². The van der Waals surface area contributed by atoms with Gasteiger partial charge >= 0.3 is 0 Å². The summed E-state index contributed by atoms with van der Waals surface area (Å²) in [6.45, 7) is 5.27. The molecule has 0 saturated carbocycles. The summed E-state index contributed by atoms with van der Waals surface area (Å²) in [6.07, 6.45) is 11.5. The summed E-state index contributed by atoms with van der Waals surface area (Å²) >= 11 is 0. The van der Waals surface area contributed by atoms with Crippen molar-refractivity contribution in [2.45, 2.75) is 52.4 Å². The molecule has 0 spiro atoms. The minimum absolute atomic E-state index is 0.126. The Balaban J connectivity index is 2.93. The first kappa shape index (κ1) is 18.8. The largest absolute Gasteiger partial charge is 0.490 e. The monoisotopic (exact) mass is 319 g/mol. The summed E-state index contributed by atoms with van der Waals surface area (Å²) < 4.78 is 11.4. The van der Waals surface area contributed by atoms with Gasteiger partial charge in [-0.3, -0.25) is 10.1 Å². The van der Waals surface area contributed by atoms with Gasteiger partial charge in [-0.1, -0.05) is 45.5 Å². The average molecular weight is 319 g/mol. The summed E-state index contributed by atoms with van der Waals surface area (Å²) in [4.78, 5) is 10.6. The molecule has 0 fully saturated rings. The first-order valence-corrected chi connectivity index (χ1v) is 8.18. The van der Waals surface area contributed by atoms with Gasteiger partial charge in [-0.05, 0) is 12.8 Å². The highest BCUT2D eigenvalue weighted by atomic mass is 16.6. The van der Waals surface area contributed by atoms with E-state index in [0.29, 0.717) is 24.7 Å². The molecule has 0 atom stereocenters. The van der Waals surface area contributed by atoms with Crippen LogP contribution in [0.4, 0.5) is 5.69 Å². The van der Waals surface area contributed by atoms with E-state index in [4.69, 9.17) is 15.9 Å². The third-order valence-electron chi connectivity index (χ3n) is 3.43. The number of nitro groups is 1. The van der Waals surface area contributed by atoms with Crippen molar-refractivity contribution in [2.24, 2.45) is 0 Å². The topological polar surface area (TPSA) is 61.6 Å². The van der Waals surface area contributed by atoms with Gasteiger partial charge in [0.15, 0.2) is 11.5 Å². The van der Waals surface area contributed by atoms with Crippen LogP contribution < -0.4 is 9.47 Å². The van der Waals surface area contributed by atoms with Gasteiger partial charge in [-0.2, -0.15) is 0 Å². The fraction of sp³-hybridized carbons (Fsp3) is 0.556. The van der Waals surface area contributed by atoms with Crippen LogP contribution in [0.25, 0.3) is 0 Å². The lowest BCUT2D eigenvalue weighted by molar-refractivity contribution is -0.385. The quantitative estimate of drug-likeness (QED) is 0.256. The zero-order chi connectivity index (χ0) is 17.1. The maximum atomic E-state index is 11.1. The molecule has 0 aromatic heterocycles. The van der Waals surface area contributed by atoms with E-state index in [0.717, 1.165) is 38.5 Å². The van der Waals surface area contributed by atoms with E-state index < -0.39 is 4.92 Å². The fourth-order valence-electron chi connectivity index (χ4n) is 2.11. The molecule has 0 aliphatic heterocycles. The Morgan fingerprint density at radius 1 is 1.04 bits per heavy atom. The Hall–Kier alpha value is -2.22. The Labute approximate surface area is 138 Å². The second kappa shape index (κ2) is 10.5. The zero-order valence-electron chi connectivity index (χ0n) is 14.0. The molecule has 0 saturated heterocycles. The summed E-state index contributed by atoms with van der Waals surface area (Å²) in [6, 6.07) is 2.90. The summed E-state index contributed by atoms with van der Waals surface area (Å²) in [5.74, 6) is 3.22. The van der Waals surface area contributed by atoms with Crippen LogP contribution in [-0.4, -0.2) is 18.1 Å². The molecule has 5 nitrogen and oxygen atoms in total. The summed E-state index contributed by atoms with van der Waals surface area (Å²) in [5.41, 5.74) is 0.0836. The standard InChI is InChI=1S/C18H25NO4/c1-4-7-9-11-22-17-13-15(6-3)16(19(20)21)14-18(17)23-12-10-8-5-2/h3,13-14H,4-5,7-12H2,1-2H3. The van der Waals surface area contributed by atoms with E-state index >= 15 is 0 Å². The summed E-state index contributed by atoms with van der Waals surface area (Å²) in [7, 11) is 0. The van der Waals surface area contributed by atoms with Crippen LogP contribution in [0.3, 0.4) is 0 Å². The second-order valence-corrected chi connectivity index (χ2v) is 5.33. The average Bonchev–Trinajstić information content (AvgIpc) is 2.55. The minimum Gasteiger partial charge on any atom is -0.490 e. The fourth-order valence-corrected chi connectivity index (χ4v) is 2.11. The number of benzene rings is 1. The van der Waals surface area contributed by atoms with Crippen molar-refractivity contribution in [1.82, 2.24) is 0 Å². The van der Waals surface area contributed by atoms with Crippen molar-refractivity contribution in [3.8, 4) is 23.8 Å². The number of nitrogens with zero attached hydrogens (tertiary/aromatic N) is 1. The highest BCUT2D eigenvalue weighted by molar-refractivity contribution is 5.59. The first-order valence-electron chi connectivity index (χ1n) is 8.18. The maximum absolute atomic E-state index is 11.1. The predicted molar refractivity (Wildman–Crippen MR) is 91.1 cm³/mol. The third kappa shape index (κ3) is 6.19. The van der Waals surface area contributed by atoms with Gasteiger partial charge in [-0.25, -0.2) is 0 Å². The Kier molecular flexibility index (Phi) is 8.59. The minimum atomic E-state index is -0.491. The van der Waals surface area contributed by atoms with Gasteiger partial charge in [0.2, 0.25) is 0 Å². The van der Waals surface area contributed by atoms with Crippen LogP contribution in [0.15, 0.2) is 12.1 Å². The van der Waals surface area contributed by atoms with Gasteiger partial charge in [0.1, 0.15) is 5.56 Å². The number of unbranched alkanes of at least 4 members (excludes halogenated alkanes) is 4. The Morgan fingerprint density at radius 2 is 1.57 bits per heavy atom. The van der Waals surface area contributed by atoms with Gasteiger partial charge < -0.3 is 9.47 Å². The molecule has 0 unspecified atom stereocenters. The lowest BCUT2D eigenvalue weighted by Crippen LogP contribution is -2.04. The summed E-state index contributed by atoms with van der Waals surface area (Å²) in [5, 5.41) is 11.1. The normalized spacial score (nSPS) is 10.1. The molecule has 1 rings (SSSR count). The molecular formula is C18H25NO4. The first-order chi connectivity index (χ1) is 11.1. The van der Waals surface area contributed by atoms with Crippen LogP contribution in [0, 0.1) is 22.5 Å². The van der Waals surface area contributed by atoms with Crippen molar-refractivity contribution in [1.29, 1.82) is 0 Å². The van der Waals surface area contributed by atoms with Crippen LogP contribution >= 0.6 is 0 Å². The predicted octanol–water partition coefficient (Wildman–Crippen LogP) is 4.71. The number of hydrogen-bond donors (Lipinski definition) is 0. The van der Waals surface area contributed by atoms with E-state index in [1.165, 1.54) is 12.1 Å². The molecule has 0 bridgehead atoms. The van der Waals surface area contributed by atoms with Crippen molar-refractivity contribution in [2.75, 3.05) is 13.2 Å². The van der Waals surface area contributed by atoms with E-state index in [1.807, 2.05) is 0 Å². The van der Waals surface area contributed by atoms with Crippen molar-refractivity contribution in [3.63, 3.8) is 0 Å². The smallest absolute Gasteiger partial charge is 0.288 e. The highest BCUT2D eigenvalue weighted by Crippen LogP contribution is 2.35. The molecular weight excluding hydrogens is 294 g/mol. The molecule has 0 amide bonds. The Morgan fingerprint density at radius 3 is 2.00 bits per heavy atom. The van der Waals surface area contributed by atoms with Crippen molar-refractivity contribution < 1.29 is 14.4 Å². The molecule has 1 aromatic rings. The van der Waals surface area contributed by atoms with Gasteiger partial charge in [-0.15, -0.1) is 6.42 Å². The number of hydrogen-bond acceptors (Lipinski definition) is 4. The van der Waals surface area contributed by atoms with Crippen LogP contribution in [-0.2, 0) is 0 Å². The molecule has 0 aliphatic rings.